The van der Waals surface area contributed by atoms with E-state index in [0.29, 0.717) is 11.1 Å². The van der Waals surface area contributed by atoms with Gasteiger partial charge in [-0.05, 0) is 0 Å². The zero-order valence-corrected chi connectivity index (χ0v) is 22.0. The van der Waals surface area contributed by atoms with Crippen molar-refractivity contribution >= 4 is 53.3 Å². The van der Waals surface area contributed by atoms with Gasteiger partial charge in [-0.15, -0.1) is 0 Å². The Hall–Kier alpha value is -4.04. The zero-order valence-electron chi connectivity index (χ0n) is 19.7. The molecule has 4 nitrogen and oxygen atoms in total. The Balaban J connectivity index is 1.33. The van der Waals surface area contributed by atoms with Gasteiger partial charge in [-0.3, -0.25) is 0 Å². The van der Waals surface area contributed by atoms with E-state index < -0.39 is 20.4 Å². The van der Waals surface area contributed by atoms with E-state index in [1.54, 1.807) is 24.3 Å². The van der Waals surface area contributed by atoms with Crippen LogP contribution < -0.4 is 4.90 Å². The summed E-state index contributed by atoms with van der Waals surface area (Å²) in [6.07, 6.45) is 3.67. The van der Waals surface area contributed by atoms with Gasteiger partial charge in [-0.1, -0.05) is 0 Å². The number of pyridine rings is 1. The van der Waals surface area contributed by atoms with Gasteiger partial charge in [0, 0.05) is 0 Å². The number of para-hydroxylation sites is 1. The molecule has 0 bridgehead atoms. The fraction of sp³-hybridized carbons (Fsp3) is 0.0312. The Kier molecular flexibility index (Phi) is 5.28. The zero-order chi connectivity index (χ0) is 24.9. The number of ketones is 2. The first kappa shape index (κ1) is 22.2. The molecule has 0 amide bonds. The molecule has 3 heterocycles. The van der Waals surface area contributed by atoms with E-state index in [1.165, 1.54) is 20.4 Å². The number of rotatable bonds is 3. The van der Waals surface area contributed by atoms with Crippen molar-refractivity contribution in [1.82, 2.24) is 4.98 Å². The van der Waals surface area contributed by atoms with Crippen LogP contribution in [0.3, 0.4) is 0 Å². The van der Waals surface area contributed by atoms with Crippen LogP contribution in [0, 0.1) is 0 Å². The first-order valence-corrected chi connectivity index (χ1v) is 14.4. The molecule has 0 saturated carbocycles. The minimum atomic E-state index is -0.869. The number of carbonyl (C=O) groups excluding carboxylic acids is 2. The average Bonchev–Trinajstić information content (AvgIpc) is 3.51. The molecule has 1 unspecified atom stereocenters. The summed E-state index contributed by atoms with van der Waals surface area (Å²) in [5.74, 6) is 0.683. The number of hydrogen-bond acceptors (Lipinski definition) is 4. The Bertz CT molecular complexity index is 1650. The third-order valence-electron chi connectivity index (χ3n) is 6.99. The molecule has 1 aliphatic heterocycles. The van der Waals surface area contributed by atoms with Crippen molar-refractivity contribution in [2.45, 2.75) is 5.92 Å². The molecule has 0 radical (unpaired) electrons. The molecule has 1 atom stereocenters. The van der Waals surface area contributed by atoms with Gasteiger partial charge in [-0.2, -0.15) is 0 Å². The van der Waals surface area contributed by atoms with E-state index in [-0.39, 0.29) is 23.1 Å². The topological polar surface area (TPSA) is 50.3 Å². The van der Waals surface area contributed by atoms with Crippen molar-refractivity contribution < 1.29 is 9.59 Å². The Morgan fingerprint density at radius 3 is 2.16 bits per heavy atom. The third-order valence-corrected chi connectivity index (χ3v) is 9.89. The summed E-state index contributed by atoms with van der Waals surface area (Å²) < 4.78 is 2.25. The Morgan fingerprint density at radius 2 is 1.38 bits per heavy atom. The van der Waals surface area contributed by atoms with E-state index in [9.17, 15) is 9.59 Å². The molecule has 0 fully saturated rings. The van der Waals surface area contributed by atoms with Crippen LogP contribution in [0.1, 0.15) is 46.9 Å². The second-order valence-corrected chi connectivity index (χ2v) is 12.2. The van der Waals surface area contributed by atoms with Gasteiger partial charge in [0.05, 0.1) is 0 Å². The van der Waals surface area contributed by atoms with Crippen LogP contribution in [0.4, 0.5) is 15.2 Å². The van der Waals surface area contributed by atoms with Gasteiger partial charge in [0.2, 0.25) is 0 Å². The van der Waals surface area contributed by atoms with Crippen molar-refractivity contribution in [3.05, 3.63) is 146 Å². The fourth-order valence-electron chi connectivity index (χ4n) is 5.35. The maximum absolute atomic E-state index is 12.9. The van der Waals surface area contributed by atoms with Crippen molar-refractivity contribution in [3.8, 4) is 0 Å². The molecule has 37 heavy (non-hydrogen) atoms. The van der Waals surface area contributed by atoms with Crippen LogP contribution in [0.25, 0.3) is 6.08 Å². The van der Waals surface area contributed by atoms with Gasteiger partial charge in [-0.25, -0.2) is 0 Å². The molecule has 2 aromatic heterocycles. The summed E-state index contributed by atoms with van der Waals surface area (Å²) in [5.41, 5.74) is 6.05. The van der Waals surface area contributed by atoms with Gasteiger partial charge in [0.25, 0.3) is 0 Å². The molecule has 0 N–H and O–H groups in total. The predicted octanol–water partition coefficient (Wildman–Crippen LogP) is 6.56. The second-order valence-electron chi connectivity index (χ2n) is 9.09. The summed E-state index contributed by atoms with van der Waals surface area (Å²) in [7, 11) is 0. The van der Waals surface area contributed by atoms with Crippen LogP contribution >= 0.6 is 0 Å². The molecule has 3 aromatic carbocycles. The quantitative estimate of drug-likeness (QED) is 0.133. The van der Waals surface area contributed by atoms with E-state index in [1.807, 2.05) is 24.4 Å². The molecular formula is C32H20N2O2Te. The van der Waals surface area contributed by atoms with Crippen LogP contribution in [-0.2, 0) is 0 Å². The molecule has 0 spiro atoms. The monoisotopic (exact) mass is 594 g/mol. The number of aromatic nitrogens is 1. The SMILES string of the molecule is O=C1C(=Cc2ccc(N3c4ccccc4C(c4ccccc4)c4cccnc43)[te]2)C(=O)c2ccccc21. The number of hydrogen-bond donors (Lipinski definition) is 0. The molecule has 1 aliphatic carbocycles. The number of fused-ring (bicyclic) bond motifs is 3. The minimum absolute atomic E-state index is 0.0988. The van der Waals surface area contributed by atoms with E-state index >= 15 is 0 Å². The standard InChI is InChI=1S/C32H20N2O2Te/c35-30-22-11-4-5-12-23(22)31(36)26(30)19-21-16-17-28(37-21)34-27-15-7-6-13-24(27)29(20-9-2-1-3-10-20)25-14-8-18-33-32(25)34/h1-19,29H. The molecule has 0 saturated heterocycles. The Labute approximate surface area is 224 Å². The summed E-state index contributed by atoms with van der Waals surface area (Å²) in [6.45, 7) is 0. The van der Waals surface area contributed by atoms with Crippen LogP contribution in [0.2, 0.25) is 0 Å². The van der Waals surface area contributed by atoms with Crippen molar-refractivity contribution in [3.63, 3.8) is 0 Å². The van der Waals surface area contributed by atoms with Crippen LogP contribution in [-0.4, -0.2) is 37.0 Å². The van der Waals surface area contributed by atoms with Gasteiger partial charge in [0.15, 0.2) is 0 Å². The molecule has 176 valence electrons. The number of nitrogens with zero attached hydrogens (tertiary/aromatic N) is 2. The van der Waals surface area contributed by atoms with E-state index in [0.717, 1.165) is 15.1 Å². The maximum atomic E-state index is 12.9. The molecule has 7 rings (SSSR count). The molecule has 5 aromatic rings. The molecular weight excluding hydrogens is 572 g/mol. The fourth-order valence-corrected chi connectivity index (χ4v) is 8.11. The first-order valence-electron chi connectivity index (χ1n) is 12.1. The average molecular weight is 592 g/mol. The predicted molar refractivity (Wildman–Crippen MR) is 146 cm³/mol. The van der Waals surface area contributed by atoms with E-state index in [4.69, 9.17) is 4.98 Å². The van der Waals surface area contributed by atoms with Gasteiger partial charge < -0.3 is 0 Å². The summed E-state index contributed by atoms with van der Waals surface area (Å²) in [5, 5.41) is 0. The number of carbonyl (C=O) groups is 2. The summed E-state index contributed by atoms with van der Waals surface area (Å²) in [6, 6.07) is 34.5. The van der Waals surface area contributed by atoms with Crippen LogP contribution in [0.5, 0.6) is 0 Å². The second kappa shape index (κ2) is 8.81. The Morgan fingerprint density at radius 1 is 0.703 bits per heavy atom. The molecule has 5 heteroatoms. The van der Waals surface area contributed by atoms with E-state index in [2.05, 4.69) is 71.6 Å². The summed E-state index contributed by atoms with van der Waals surface area (Å²) in [4.78, 5) is 33.0. The van der Waals surface area contributed by atoms with Gasteiger partial charge in [0.1, 0.15) is 0 Å². The van der Waals surface area contributed by atoms with Crippen molar-refractivity contribution in [2.24, 2.45) is 0 Å². The molecule has 2 aliphatic rings. The van der Waals surface area contributed by atoms with Crippen molar-refractivity contribution in [2.75, 3.05) is 4.90 Å². The third kappa shape index (κ3) is 3.54. The summed E-state index contributed by atoms with van der Waals surface area (Å²) >= 11 is -0.869. The van der Waals surface area contributed by atoms with Crippen molar-refractivity contribution in [1.29, 1.82) is 0 Å². The number of anilines is 3. The number of allylic oxidation sites excluding steroid dienone is 1. The number of benzene rings is 3. The first-order chi connectivity index (χ1) is 18.2. The van der Waals surface area contributed by atoms with Gasteiger partial charge >= 0.3 is 225 Å². The van der Waals surface area contributed by atoms with Crippen LogP contribution in [0.15, 0.2) is 115 Å². The normalized spacial score (nSPS) is 15.8. The number of Topliss-reactive ketones (excluding diaryl/α,β-unsaturated/α-hetero) is 2.